The number of aromatic nitrogens is 2. The molecular weight excluding hydrogens is 368 g/mol. The highest BCUT2D eigenvalue weighted by molar-refractivity contribution is 5.58. The number of β-amino-alcohol motifs (C(OH)–C–C–N with tert-alkyl or cyclic N) is 1. The highest BCUT2D eigenvalue weighted by Crippen LogP contribution is 2.34. The molecule has 10 heteroatoms. The van der Waals surface area contributed by atoms with Crippen molar-refractivity contribution in [2.75, 3.05) is 6.54 Å². The van der Waals surface area contributed by atoms with Gasteiger partial charge < -0.3 is 24.4 Å². The SMILES string of the molecule is [O-][NH+](O)c1cccc(-c2noc([C@H]3C[C@@H](O)CN3Cc3ccc(CO)o3)n2)c1. The molecule has 0 amide bonds. The minimum absolute atomic E-state index is 0.138. The predicted octanol–water partition coefficient (Wildman–Crippen LogP) is 0.533. The number of nitrogens with one attached hydrogen (secondary N) is 1. The van der Waals surface area contributed by atoms with Gasteiger partial charge in [0.15, 0.2) is 5.69 Å². The summed E-state index contributed by atoms with van der Waals surface area (Å²) in [5.41, 5.74) is 0.679. The number of aliphatic hydroxyl groups excluding tert-OH is 2. The first-order valence-electron chi connectivity index (χ1n) is 8.81. The van der Waals surface area contributed by atoms with Crippen LogP contribution in [-0.2, 0) is 13.2 Å². The molecule has 4 rings (SSSR count). The molecule has 1 saturated heterocycles. The van der Waals surface area contributed by atoms with E-state index in [1.165, 1.54) is 12.1 Å². The fourth-order valence-corrected chi connectivity index (χ4v) is 3.38. The zero-order chi connectivity index (χ0) is 19.7. The van der Waals surface area contributed by atoms with Crippen molar-refractivity contribution in [3.63, 3.8) is 0 Å². The first-order chi connectivity index (χ1) is 13.5. The zero-order valence-electron chi connectivity index (χ0n) is 14.9. The summed E-state index contributed by atoms with van der Waals surface area (Å²) in [5, 5.41) is 42.5. The van der Waals surface area contributed by atoms with Crippen LogP contribution in [0.25, 0.3) is 11.4 Å². The summed E-state index contributed by atoms with van der Waals surface area (Å²) in [4.78, 5) is 6.38. The summed E-state index contributed by atoms with van der Waals surface area (Å²) in [7, 11) is 0. The third kappa shape index (κ3) is 3.83. The number of hydrogen-bond donors (Lipinski definition) is 4. The Morgan fingerprint density at radius 3 is 2.82 bits per heavy atom. The molecule has 10 nitrogen and oxygen atoms in total. The van der Waals surface area contributed by atoms with Gasteiger partial charge in [0.1, 0.15) is 18.1 Å². The average molecular weight is 388 g/mol. The largest absolute Gasteiger partial charge is 0.595 e. The van der Waals surface area contributed by atoms with Gasteiger partial charge in [0.25, 0.3) is 0 Å². The lowest BCUT2D eigenvalue weighted by molar-refractivity contribution is -0.991. The second-order valence-electron chi connectivity index (χ2n) is 6.70. The molecule has 0 saturated carbocycles. The van der Waals surface area contributed by atoms with Crippen LogP contribution < -0.4 is 5.23 Å². The quantitative estimate of drug-likeness (QED) is 0.445. The van der Waals surface area contributed by atoms with Crippen LogP contribution in [0.5, 0.6) is 0 Å². The van der Waals surface area contributed by atoms with E-state index in [4.69, 9.17) is 19.3 Å². The minimum atomic E-state index is -1.03. The first-order valence-corrected chi connectivity index (χ1v) is 8.81. The van der Waals surface area contributed by atoms with Gasteiger partial charge in [-0.05, 0) is 18.6 Å². The Labute approximate surface area is 159 Å². The van der Waals surface area contributed by atoms with Crippen molar-refractivity contribution < 1.29 is 29.6 Å². The fraction of sp³-hybridized carbons (Fsp3) is 0.333. The number of quaternary nitrogens is 1. The molecule has 0 bridgehead atoms. The van der Waals surface area contributed by atoms with Crippen LogP contribution in [0.15, 0.2) is 45.3 Å². The highest BCUT2D eigenvalue weighted by atomic mass is 16.8. The summed E-state index contributed by atoms with van der Waals surface area (Å²) in [6.45, 7) is 0.675. The van der Waals surface area contributed by atoms with E-state index in [9.17, 15) is 10.3 Å². The molecule has 2 aromatic heterocycles. The van der Waals surface area contributed by atoms with Crippen molar-refractivity contribution in [2.24, 2.45) is 0 Å². The third-order valence-corrected chi connectivity index (χ3v) is 4.71. The molecule has 1 aliphatic rings. The van der Waals surface area contributed by atoms with E-state index in [0.717, 1.165) is 0 Å². The van der Waals surface area contributed by atoms with Gasteiger partial charge in [-0.1, -0.05) is 17.3 Å². The number of rotatable bonds is 6. The van der Waals surface area contributed by atoms with E-state index in [2.05, 4.69) is 10.1 Å². The van der Waals surface area contributed by atoms with Gasteiger partial charge in [-0.3, -0.25) is 4.90 Å². The van der Waals surface area contributed by atoms with Crippen LogP contribution in [0.1, 0.15) is 29.9 Å². The van der Waals surface area contributed by atoms with E-state index >= 15 is 0 Å². The van der Waals surface area contributed by atoms with E-state index in [-0.39, 0.29) is 18.3 Å². The third-order valence-electron chi connectivity index (χ3n) is 4.71. The van der Waals surface area contributed by atoms with Crippen molar-refractivity contribution in [3.8, 4) is 11.4 Å². The molecule has 0 radical (unpaired) electrons. The number of hydrogen-bond acceptors (Lipinski definition) is 9. The Morgan fingerprint density at radius 1 is 1.25 bits per heavy atom. The van der Waals surface area contributed by atoms with E-state index in [1.54, 1.807) is 24.3 Å². The monoisotopic (exact) mass is 388 g/mol. The molecule has 3 heterocycles. The van der Waals surface area contributed by atoms with Crippen molar-refractivity contribution in [3.05, 3.63) is 59.0 Å². The molecule has 3 aromatic rings. The van der Waals surface area contributed by atoms with Crippen LogP contribution in [0, 0.1) is 5.21 Å². The Morgan fingerprint density at radius 2 is 2.07 bits per heavy atom. The Hall–Kier alpha value is -2.60. The number of likely N-dealkylation sites (tertiary alicyclic amines) is 1. The van der Waals surface area contributed by atoms with Crippen LogP contribution in [0.2, 0.25) is 0 Å². The van der Waals surface area contributed by atoms with Crippen molar-refractivity contribution in [1.82, 2.24) is 15.0 Å². The Bertz CT molecular complexity index is 940. The Balaban J connectivity index is 1.55. The van der Waals surface area contributed by atoms with Gasteiger partial charge in [-0.2, -0.15) is 10.2 Å². The second-order valence-corrected chi connectivity index (χ2v) is 6.70. The summed E-state index contributed by atoms with van der Waals surface area (Å²) < 4.78 is 10.9. The predicted molar refractivity (Wildman–Crippen MR) is 93.9 cm³/mol. The van der Waals surface area contributed by atoms with Crippen molar-refractivity contribution in [2.45, 2.75) is 31.7 Å². The van der Waals surface area contributed by atoms with Gasteiger partial charge in [-0.25, -0.2) is 5.21 Å². The average Bonchev–Trinajstić information content (AvgIpc) is 3.42. The fourth-order valence-electron chi connectivity index (χ4n) is 3.38. The van der Waals surface area contributed by atoms with Crippen LogP contribution >= 0.6 is 0 Å². The Kier molecular flexibility index (Phi) is 5.22. The maximum Gasteiger partial charge on any atom is 0.244 e. The van der Waals surface area contributed by atoms with Gasteiger partial charge in [-0.15, -0.1) is 0 Å². The number of benzene rings is 1. The van der Waals surface area contributed by atoms with E-state index in [1.807, 2.05) is 4.90 Å². The van der Waals surface area contributed by atoms with E-state index < -0.39 is 11.3 Å². The smallest absolute Gasteiger partial charge is 0.244 e. The van der Waals surface area contributed by atoms with Crippen LogP contribution in [0.4, 0.5) is 5.69 Å². The summed E-state index contributed by atoms with van der Waals surface area (Å²) in [6, 6.07) is 9.50. The molecule has 4 N–H and O–H groups in total. The van der Waals surface area contributed by atoms with Crippen molar-refractivity contribution in [1.29, 1.82) is 0 Å². The highest BCUT2D eigenvalue weighted by Gasteiger charge is 2.36. The van der Waals surface area contributed by atoms with E-state index in [0.29, 0.717) is 48.3 Å². The first kappa shape index (κ1) is 18.7. The summed E-state index contributed by atoms with van der Waals surface area (Å²) >= 11 is 0. The lowest BCUT2D eigenvalue weighted by Crippen LogP contribution is -2.99. The molecule has 1 aliphatic heterocycles. The minimum Gasteiger partial charge on any atom is -0.595 e. The van der Waals surface area contributed by atoms with Gasteiger partial charge in [0.05, 0.1) is 18.7 Å². The molecule has 0 spiro atoms. The molecule has 1 fully saturated rings. The zero-order valence-corrected chi connectivity index (χ0v) is 14.9. The normalized spacial score (nSPS) is 21.3. The lowest BCUT2D eigenvalue weighted by Gasteiger charge is -2.19. The van der Waals surface area contributed by atoms with Crippen LogP contribution in [0.3, 0.4) is 0 Å². The number of furan rings is 1. The van der Waals surface area contributed by atoms with Crippen LogP contribution in [-0.4, -0.2) is 43.1 Å². The second kappa shape index (κ2) is 7.80. The molecule has 28 heavy (non-hydrogen) atoms. The summed E-state index contributed by atoms with van der Waals surface area (Å²) in [6.07, 6.45) is -0.104. The molecule has 148 valence electrons. The molecule has 1 unspecified atom stereocenters. The van der Waals surface area contributed by atoms with Gasteiger partial charge >= 0.3 is 0 Å². The van der Waals surface area contributed by atoms with Gasteiger partial charge in [0, 0.05) is 24.2 Å². The molecule has 1 aromatic carbocycles. The maximum absolute atomic E-state index is 11.2. The lowest BCUT2D eigenvalue weighted by atomic mass is 10.2. The number of aliphatic hydroxyl groups is 2. The molecule has 0 aliphatic carbocycles. The summed E-state index contributed by atoms with van der Waals surface area (Å²) in [5.74, 6) is 1.78. The maximum atomic E-state index is 11.2. The molecule has 3 atom stereocenters. The topological polar surface area (TPSA) is 143 Å². The number of nitrogens with zero attached hydrogens (tertiary/aromatic N) is 3. The van der Waals surface area contributed by atoms with Crippen molar-refractivity contribution >= 4 is 5.69 Å². The van der Waals surface area contributed by atoms with Gasteiger partial charge in [0.2, 0.25) is 11.7 Å². The standard InChI is InChI=1S/C18H20N4O6/c23-10-15-5-4-14(27-15)9-21-8-13(24)7-16(21)18-19-17(20-28-18)11-2-1-3-12(6-11)22(25)26/h1-6,13,16,22-25H,7-10H2/t13-,16-/m1/s1. The molecular formula is C18H20N4O6.